The standard InChI is InChI=1S/C21H27N3O3/c1-24(20(26)12-11-19(25)23-16-6-3-4-7-16)14-15-9-10-18(27-2)21-17(15)8-5-13-22-21/h5,8-10,13,16H,3-4,6-7,11-12,14H2,1-2H3,(H,23,25). The first kappa shape index (κ1) is 19.1. The third kappa shape index (κ3) is 4.76. The molecule has 0 bridgehead atoms. The highest BCUT2D eigenvalue weighted by atomic mass is 16.5. The topological polar surface area (TPSA) is 71.5 Å². The predicted octanol–water partition coefficient (Wildman–Crippen LogP) is 3.04. The van der Waals surface area contributed by atoms with Crippen LogP contribution in [0, 0.1) is 0 Å². The summed E-state index contributed by atoms with van der Waals surface area (Å²) in [5.74, 6) is 0.652. The Hall–Kier alpha value is -2.63. The van der Waals surface area contributed by atoms with Gasteiger partial charge in [-0.15, -0.1) is 0 Å². The molecular formula is C21H27N3O3. The van der Waals surface area contributed by atoms with Gasteiger partial charge in [-0.25, -0.2) is 0 Å². The first-order chi connectivity index (χ1) is 13.1. The van der Waals surface area contributed by atoms with Crippen molar-refractivity contribution >= 4 is 22.7 Å². The molecule has 1 aromatic carbocycles. The molecule has 0 spiro atoms. The van der Waals surface area contributed by atoms with Crippen molar-refractivity contribution in [3.63, 3.8) is 0 Å². The molecule has 2 aromatic rings. The number of aromatic nitrogens is 1. The molecule has 6 nitrogen and oxygen atoms in total. The van der Waals surface area contributed by atoms with E-state index >= 15 is 0 Å². The number of rotatable bonds is 7. The number of benzene rings is 1. The largest absolute Gasteiger partial charge is 0.494 e. The van der Waals surface area contributed by atoms with Gasteiger partial charge in [0, 0.05) is 44.1 Å². The Balaban J connectivity index is 1.58. The number of pyridine rings is 1. The average Bonchev–Trinajstić information content (AvgIpc) is 3.19. The number of carbonyl (C=O) groups is 2. The lowest BCUT2D eigenvalue weighted by atomic mass is 10.1. The molecule has 6 heteroatoms. The molecule has 1 aromatic heterocycles. The maximum atomic E-state index is 12.5. The van der Waals surface area contributed by atoms with Gasteiger partial charge in [0.15, 0.2) is 0 Å². The Morgan fingerprint density at radius 3 is 2.74 bits per heavy atom. The van der Waals surface area contributed by atoms with Crippen LogP contribution in [0.3, 0.4) is 0 Å². The fourth-order valence-corrected chi connectivity index (χ4v) is 3.63. The number of carbonyl (C=O) groups excluding carboxylic acids is 2. The van der Waals surface area contributed by atoms with Crippen molar-refractivity contribution in [1.29, 1.82) is 0 Å². The quantitative estimate of drug-likeness (QED) is 0.814. The van der Waals surface area contributed by atoms with Gasteiger partial charge in [-0.1, -0.05) is 25.0 Å². The molecule has 0 radical (unpaired) electrons. The summed E-state index contributed by atoms with van der Waals surface area (Å²) in [5, 5.41) is 4.00. The summed E-state index contributed by atoms with van der Waals surface area (Å²) >= 11 is 0. The molecule has 1 heterocycles. The van der Waals surface area contributed by atoms with Gasteiger partial charge in [-0.05, 0) is 30.5 Å². The van der Waals surface area contributed by atoms with Gasteiger partial charge in [-0.2, -0.15) is 0 Å². The van der Waals surface area contributed by atoms with Crippen LogP contribution in [0.1, 0.15) is 44.1 Å². The number of amides is 2. The summed E-state index contributed by atoms with van der Waals surface area (Å²) in [6.07, 6.45) is 6.66. The fraction of sp³-hybridized carbons (Fsp3) is 0.476. The molecule has 1 aliphatic carbocycles. The van der Waals surface area contributed by atoms with Gasteiger partial charge in [0.1, 0.15) is 11.3 Å². The van der Waals surface area contributed by atoms with E-state index in [0.717, 1.165) is 29.3 Å². The van der Waals surface area contributed by atoms with Crippen LogP contribution in [-0.2, 0) is 16.1 Å². The van der Waals surface area contributed by atoms with E-state index in [0.29, 0.717) is 18.3 Å². The molecule has 0 saturated heterocycles. The van der Waals surface area contributed by atoms with Gasteiger partial charge in [0.05, 0.1) is 7.11 Å². The molecule has 2 amide bonds. The molecule has 0 unspecified atom stereocenters. The summed E-state index contributed by atoms with van der Waals surface area (Å²) in [7, 11) is 3.39. The molecule has 1 aliphatic rings. The van der Waals surface area contributed by atoms with E-state index in [1.165, 1.54) is 12.8 Å². The van der Waals surface area contributed by atoms with Gasteiger partial charge < -0.3 is 15.0 Å². The van der Waals surface area contributed by atoms with E-state index in [1.807, 2.05) is 24.3 Å². The monoisotopic (exact) mass is 369 g/mol. The van der Waals surface area contributed by atoms with Gasteiger partial charge in [0.25, 0.3) is 0 Å². The van der Waals surface area contributed by atoms with Crippen LogP contribution in [-0.4, -0.2) is 41.9 Å². The summed E-state index contributed by atoms with van der Waals surface area (Å²) in [6, 6.07) is 7.98. The van der Waals surface area contributed by atoms with Crippen LogP contribution in [0.5, 0.6) is 5.75 Å². The SMILES string of the molecule is COc1ccc(CN(C)C(=O)CCC(=O)NC2CCCC2)c2cccnc12. The Bertz CT molecular complexity index is 815. The zero-order valence-electron chi connectivity index (χ0n) is 16.0. The molecule has 0 atom stereocenters. The van der Waals surface area contributed by atoms with Gasteiger partial charge >= 0.3 is 0 Å². The van der Waals surface area contributed by atoms with E-state index in [9.17, 15) is 9.59 Å². The van der Waals surface area contributed by atoms with Crippen molar-refractivity contribution in [2.24, 2.45) is 0 Å². The maximum absolute atomic E-state index is 12.5. The van der Waals surface area contributed by atoms with E-state index in [-0.39, 0.29) is 24.7 Å². The summed E-state index contributed by atoms with van der Waals surface area (Å²) < 4.78 is 5.37. The molecule has 1 saturated carbocycles. The zero-order chi connectivity index (χ0) is 19.2. The van der Waals surface area contributed by atoms with Crippen LogP contribution >= 0.6 is 0 Å². The second kappa shape index (κ2) is 8.84. The van der Waals surface area contributed by atoms with Crippen LogP contribution in [0.25, 0.3) is 10.9 Å². The number of fused-ring (bicyclic) bond motifs is 1. The Morgan fingerprint density at radius 1 is 1.22 bits per heavy atom. The lowest BCUT2D eigenvalue weighted by Gasteiger charge is -2.19. The maximum Gasteiger partial charge on any atom is 0.223 e. The highest BCUT2D eigenvalue weighted by Crippen LogP contribution is 2.27. The number of ether oxygens (including phenoxy) is 1. The zero-order valence-corrected chi connectivity index (χ0v) is 16.0. The van der Waals surface area contributed by atoms with Crippen LogP contribution in [0.2, 0.25) is 0 Å². The molecular weight excluding hydrogens is 342 g/mol. The van der Waals surface area contributed by atoms with E-state index in [4.69, 9.17) is 4.74 Å². The van der Waals surface area contributed by atoms with E-state index in [2.05, 4.69) is 10.3 Å². The number of hydrogen-bond donors (Lipinski definition) is 1. The molecule has 1 N–H and O–H groups in total. The lowest BCUT2D eigenvalue weighted by molar-refractivity contribution is -0.133. The smallest absolute Gasteiger partial charge is 0.223 e. The van der Waals surface area contributed by atoms with Crippen molar-refractivity contribution < 1.29 is 14.3 Å². The van der Waals surface area contributed by atoms with Crippen molar-refractivity contribution in [2.45, 2.75) is 51.1 Å². The molecule has 1 fully saturated rings. The molecule has 144 valence electrons. The Kier molecular flexibility index (Phi) is 6.27. The van der Waals surface area contributed by atoms with E-state index in [1.54, 1.807) is 25.3 Å². The highest BCUT2D eigenvalue weighted by molar-refractivity contribution is 5.88. The number of nitrogens with one attached hydrogen (secondary N) is 1. The van der Waals surface area contributed by atoms with Gasteiger partial charge in [0.2, 0.25) is 11.8 Å². The molecule has 0 aliphatic heterocycles. The second-order valence-corrected chi connectivity index (χ2v) is 7.13. The van der Waals surface area contributed by atoms with Crippen LogP contribution in [0.4, 0.5) is 0 Å². The van der Waals surface area contributed by atoms with Crippen LogP contribution in [0.15, 0.2) is 30.5 Å². The Morgan fingerprint density at radius 2 is 2.00 bits per heavy atom. The number of methoxy groups -OCH3 is 1. The second-order valence-electron chi connectivity index (χ2n) is 7.13. The summed E-state index contributed by atoms with van der Waals surface area (Å²) in [4.78, 5) is 30.5. The summed E-state index contributed by atoms with van der Waals surface area (Å²) in [6.45, 7) is 0.468. The first-order valence-electron chi connectivity index (χ1n) is 9.52. The average molecular weight is 369 g/mol. The molecule has 27 heavy (non-hydrogen) atoms. The first-order valence-corrected chi connectivity index (χ1v) is 9.52. The minimum atomic E-state index is -0.0376. The van der Waals surface area contributed by atoms with E-state index < -0.39 is 0 Å². The van der Waals surface area contributed by atoms with Crippen molar-refractivity contribution in [2.75, 3.05) is 14.2 Å². The van der Waals surface area contributed by atoms with Crippen LogP contribution < -0.4 is 10.1 Å². The van der Waals surface area contributed by atoms with Crippen molar-refractivity contribution in [3.8, 4) is 5.75 Å². The predicted molar refractivity (Wildman–Crippen MR) is 104 cm³/mol. The highest BCUT2D eigenvalue weighted by Gasteiger charge is 2.19. The van der Waals surface area contributed by atoms with Gasteiger partial charge in [-0.3, -0.25) is 14.6 Å². The third-order valence-corrected chi connectivity index (χ3v) is 5.16. The third-order valence-electron chi connectivity index (χ3n) is 5.16. The van der Waals surface area contributed by atoms with Crippen molar-refractivity contribution in [3.05, 3.63) is 36.0 Å². The lowest BCUT2D eigenvalue weighted by Crippen LogP contribution is -2.34. The molecule has 3 rings (SSSR count). The normalized spacial score (nSPS) is 14.3. The fourth-order valence-electron chi connectivity index (χ4n) is 3.63. The van der Waals surface area contributed by atoms with Crippen molar-refractivity contribution in [1.82, 2.24) is 15.2 Å². The number of hydrogen-bond acceptors (Lipinski definition) is 4. The number of nitrogens with zero attached hydrogens (tertiary/aromatic N) is 2. The summed E-state index contributed by atoms with van der Waals surface area (Å²) in [5.41, 5.74) is 1.79. The minimum Gasteiger partial charge on any atom is -0.494 e. The Labute approximate surface area is 159 Å². The minimum absolute atomic E-state index is 0.0252.